The van der Waals surface area contributed by atoms with E-state index >= 15 is 0 Å². The van der Waals surface area contributed by atoms with Crippen LogP contribution in [0, 0.1) is 5.92 Å². The molecule has 4 heteroatoms. The predicted octanol–water partition coefficient (Wildman–Crippen LogP) is 3.41. The van der Waals surface area contributed by atoms with Gasteiger partial charge in [0.1, 0.15) is 17.4 Å². The molecule has 1 aromatic rings. The zero-order chi connectivity index (χ0) is 15.1. The van der Waals surface area contributed by atoms with Crippen molar-refractivity contribution < 1.29 is 19.1 Å². The lowest BCUT2D eigenvalue weighted by Crippen LogP contribution is -2.34. The van der Waals surface area contributed by atoms with Crippen molar-refractivity contribution in [3.05, 3.63) is 41.0 Å². The molecule has 4 nitrogen and oxygen atoms in total. The van der Waals surface area contributed by atoms with Gasteiger partial charge in [-0.15, -0.1) is 0 Å². The molecule has 0 radical (unpaired) electrons. The smallest absolute Gasteiger partial charge is 0.342 e. The van der Waals surface area contributed by atoms with Gasteiger partial charge in [-0.2, -0.15) is 0 Å². The van der Waals surface area contributed by atoms with E-state index in [2.05, 4.69) is 0 Å². The van der Waals surface area contributed by atoms with Gasteiger partial charge in [0.05, 0.1) is 5.92 Å². The van der Waals surface area contributed by atoms with Crippen molar-refractivity contribution >= 4 is 11.9 Å². The van der Waals surface area contributed by atoms with Crippen molar-refractivity contribution in [3.8, 4) is 5.75 Å². The van der Waals surface area contributed by atoms with E-state index in [0.29, 0.717) is 11.3 Å². The Kier molecular flexibility index (Phi) is 3.25. The van der Waals surface area contributed by atoms with Gasteiger partial charge in [0.2, 0.25) is 0 Å². The van der Waals surface area contributed by atoms with Crippen molar-refractivity contribution in [3.63, 3.8) is 0 Å². The van der Waals surface area contributed by atoms with Gasteiger partial charge in [-0.1, -0.05) is 17.7 Å². The largest absolute Gasteiger partial charge is 0.454 e. The van der Waals surface area contributed by atoms with Crippen LogP contribution < -0.4 is 4.74 Å². The summed E-state index contributed by atoms with van der Waals surface area (Å²) in [7, 11) is 0. The first-order chi connectivity index (χ1) is 10.7. The van der Waals surface area contributed by atoms with Crippen LogP contribution in [-0.4, -0.2) is 18.0 Å². The number of carbonyl (C=O) groups is 2. The molecule has 22 heavy (non-hydrogen) atoms. The Balaban J connectivity index is 1.83. The fourth-order valence-corrected chi connectivity index (χ4v) is 3.91. The first-order valence-electron chi connectivity index (χ1n) is 7.97. The van der Waals surface area contributed by atoms with Gasteiger partial charge in [-0.3, -0.25) is 4.79 Å². The lowest BCUT2D eigenvalue weighted by molar-refractivity contribution is -0.138. The van der Waals surface area contributed by atoms with Crippen LogP contribution in [0.5, 0.6) is 5.75 Å². The molecular weight excluding hydrogens is 280 g/mol. The number of allylic oxidation sites excluding steroid dienone is 1. The van der Waals surface area contributed by atoms with Crippen LogP contribution in [0.2, 0.25) is 0 Å². The van der Waals surface area contributed by atoms with Gasteiger partial charge in [-0.05, 0) is 56.2 Å². The summed E-state index contributed by atoms with van der Waals surface area (Å²) < 4.78 is 11.3. The summed E-state index contributed by atoms with van der Waals surface area (Å²) >= 11 is 0. The highest BCUT2D eigenvalue weighted by molar-refractivity contribution is 5.94. The van der Waals surface area contributed by atoms with E-state index in [4.69, 9.17) is 9.47 Å². The molecule has 3 aliphatic rings. The van der Waals surface area contributed by atoms with E-state index in [0.717, 1.165) is 44.1 Å². The van der Waals surface area contributed by atoms with E-state index in [1.54, 1.807) is 24.3 Å². The summed E-state index contributed by atoms with van der Waals surface area (Å²) in [6.45, 7) is 0. The number of fused-ring (bicyclic) bond motifs is 1. The molecule has 2 atom stereocenters. The minimum Gasteiger partial charge on any atom is -0.454 e. The van der Waals surface area contributed by atoms with Gasteiger partial charge < -0.3 is 9.47 Å². The minimum absolute atomic E-state index is 0.246. The molecule has 0 saturated carbocycles. The number of rotatable bonds is 0. The second-order valence-electron chi connectivity index (χ2n) is 6.21. The van der Waals surface area contributed by atoms with Crippen molar-refractivity contribution in [2.24, 2.45) is 5.92 Å². The first-order valence-corrected chi connectivity index (χ1v) is 7.97. The maximum atomic E-state index is 12.6. The van der Waals surface area contributed by atoms with Crippen molar-refractivity contribution in [1.29, 1.82) is 0 Å². The Hall–Kier alpha value is -2.10. The molecule has 114 valence electrons. The topological polar surface area (TPSA) is 52.6 Å². The fraction of sp³-hybridized carbons (Fsp3) is 0.444. The molecule has 1 aliphatic heterocycles. The summed E-state index contributed by atoms with van der Waals surface area (Å²) in [5, 5.41) is 0. The van der Waals surface area contributed by atoms with Crippen LogP contribution in [0.15, 0.2) is 35.4 Å². The number of hydrogen-bond donors (Lipinski definition) is 0. The van der Waals surface area contributed by atoms with E-state index in [1.807, 2.05) is 0 Å². The Labute approximate surface area is 129 Å². The van der Waals surface area contributed by atoms with Gasteiger partial charge >= 0.3 is 11.9 Å². The molecule has 0 fully saturated rings. The number of benzene rings is 1. The standard InChI is InChI=1S/C18H18O4/c19-17-12-7-1-2-9-14(12)21-18(20)13-8-3-5-11-6-4-10-15(22-17)16(11)13/h1-2,7,9,13,15H,3-6,8,10H2. The molecule has 1 heterocycles. The minimum atomic E-state index is -0.395. The molecule has 2 aliphatic carbocycles. The van der Waals surface area contributed by atoms with E-state index in [9.17, 15) is 9.59 Å². The van der Waals surface area contributed by atoms with E-state index in [-0.39, 0.29) is 18.0 Å². The fourth-order valence-electron chi connectivity index (χ4n) is 3.91. The number of carbonyl (C=O) groups excluding carboxylic acids is 2. The molecule has 2 unspecified atom stereocenters. The average Bonchev–Trinajstić information content (AvgIpc) is 2.58. The molecule has 4 rings (SSSR count). The number of para-hydroxylation sites is 1. The second kappa shape index (κ2) is 5.27. The van der Waals surface area contributed by atoms with Crippen molar-refractivity contribution in [1.82, 2.24) is 0 Å². The quantitative estimate of drug-likeness (QED) is 0.418. The molecule has 0 amide bonds. The summed E-state index contributed by atoms with van der Waals surface area (Å²) in [5.41, 5.74) is 2.68. The zero-order valence-corrected chi connectivity index (χ0v) is 12.3. The van der Waals surface area contributed by atoms with Crippen LogP contribution in [0.4, 0.5) is 0 Å². The summed E-state index contributed by atoms with van der Waals surface area (Å²) in [6, 6.07) is 6.82. The number of esters is 2. The Morgan fingerprint density at radius 1 is 1.00 bits per heavy atom. The summed E-state index contributed by atoms with van der Waals surface area (Å²) in [4.78, 5) is 25.1. The predicted molar refractivity (Wildman–Crippen MR) is 79.5 cm³/mol. The maximum absolute atomic E-state index is 12.6. The lowest BCUT2D eigenvalue weighted by Gasteiger charge is -2.34. The molecule has 0 N–H and O–H groups in total. The highest BCUT2D eigenvalue weighted by atomic mass is 16.6. The third-order valence-corrected chi connectivity index (χ3v) is 4.90. The van der Waals surface area contributed by atoms with Gasteiger partial charge in [0.25, 0.3) is 0 Å². The van der Waals surface area contributed by atoms with Crippen LogP contribution in [-0.2, 0) is 9.53 Å². The molecular formula is C18H18O4. The maximum Gasteiger partial charge on any atom is 0.342 e. The third-order valence-electron chi connectivity index (χ3n) is 4.90. The Bertz CT molecular complexity index is 669. The number of ether oxygens (including phenoxy) is 2. The van der Waals surface area contributed by atoms with E-state index < -0.39 is 5.97 Å². The molecule has 0 bridgehead atoms. The van der Waals surface area contributed by atoms with Gasteiger partial charge in [0.15, 0.2) is 0 Å². The Morgan fingerprint density at radius 2 is 1.77 bits per heavy atom. The summed E-state index contributed by atoms with van der Waals surface area (Å²) in [6.07, 6.45) is 5.37. The normalized spacial score (nSPS) is 27.6. The first kappa shape index (κ1) is 13.6. The van der Waals surface area contributed by atoms with Crippen molar-refractivity contribution in [2.45, 2.75) is 44.6 Å². The van der Waals surface area contributed by atoms with E-state index in [1.165, 1.54) is 5.57 Å². The average molecular weight is 298 g/mol. The monoisotopic (exact) mass is 298 g/mol. The van der Waals surface area contributed by atoms with Crippen LogP contribution >= 0.6 is 0 Å². The van der Waals surface area contributed by atoms with Gasteiger partial charge in [0, 0.05) is 0 Å². The lowest BCUT2D eigenvalue weighted by atomic mass is 9.74. The van der Waals surface area contributed by atoms with Gasteiger partial charge in [-0.25, -0.2) is 4.79 Å². The van der Waals surface area contributed by atoms with Crippen LogP contribution in [0.25, 0.3) is 0 Å². The number of hydrogen-bond acceptors (Lipinski definition) is 4. The molecule has 1 aromatic carbocycles. The molecule has 0 saturated heterocycles. The third kappa shape index (κ3) is 2.14. The molecule has 0 aromatic heterocycles. The summed E-state index contributed by atoms with van der Waals surface area (Å²) in [5.74, 6) is -0.588. The van der Waals surface area contributed by atoms with Crippen LogP contribution in [0.3, 0.4) is 0 Å². The SMILES string of the molecule is O=C1OC2CCCC3=C2C(CCC3)C(=O)Oc2ccccc21. The zero-order valence-electron chi connectivity index (χ0n) is 12.3. The van der Waals surface area contributed by atoms with Crippen LogP contribution in [0.1, 0.15) is 48.9 Å². The molecule has 0 spiro atoms. The van der Waals surface area contributed by atoms with Crippen molar-refractivity contribution in [2.75, 3.05) is 0 Å². The second-order valence-corrected chi connectivity index (χ2v) is 6.21. The Morgan fingerprint density at radius 3 is 2.64 bits per heavy atom. The highest BCUT2D eigenvalue weighted by Crippen LogP contribution is 2.42. The highest BCUT2D eigenvalue weighted by Gasteiger charge is 2.40.